The molecule has 9 heteroatoms. The number of halogens is 1. The fourth-order valence-electron chi connectivity index (χ4n) is 3.34. The molecular weight excluding hydrogens is 434 g/mol. The van der Waals surface area contributed by atoms with Gasteiger partial charge in [-0.2, -0.15) is 0 Å². The van der Waals surface area contributed by atoms with E-state index in [1.807, 2.05) is 24.3 Å². The first-order valence-electron chi connectivity index (χ1n) is 10.2. The van der Waals surface area contributed by atoms with E-state index in [0.717, 1.165) is 16.2 Å². The van der Waals surface area contributed by atoms with Gasteiger partial charge in [0.25, 0.3) is 5.91 Å². The number of nitrogens with zero attached hydrogens (tertiary/aromatic N) is 1. The number of rotatable bonds is 10. The van der Waals surface area contributed by atoms with Gasteiger partial charge in [0.2, 0.25) is 5.91 Å². The highest BCUT2D eigenvalue weighted by Crippen LogP contribution is 2.24. The molecule has 32 heavy (non-hydrogen) atoms. The van der Waals surface area contributed by atoms with Crippen LogP contribution in [0.3, 0.4) is 0 Å². The molecule has 0 aromatic heterocycles. The molecule has 1 atom stereocenters. The SMILES string of the molecule is COc1ccc(CCC2(C)NC(=O)N(CC(=O)NCCOc3ccc(Cl)cc3)C2=O)cc1. The topological polar surface area (TPSA) is 97.0 Å². The maximum atomic E-state index is 12.8. The molecule has 1 fully saturated rings. The fourth-order valence-corrected chi connectivity index (χ4v) is 3.46. The van der Waals surface area contributed by atoms with Crippen molar-refractivity contribution in [3.05, 3.63) is 59.1 Å². The second-order valence-electron chi connectivity index (χ2n) is 7.65. The summed E-state index contributed by atoms with van der Waals surface area (Å²) in [6.45, 7) is 1.81. The summed E-state index contributed by atoms with van der Waals surface area (Å²) in [6.07, 6.45) is 1.01. The number of ether oxygens (including phenoxy) is 2. The van der Waals surface area contributed by atoms with Gasteiger partial charge in [0.15, 0.2) is 0 Å². The van der Waals surface area contributed by atoms with E-state index < -0.39 is 23.4 Å². The van der Waals surface area contributed by atoms with Gasteiger partial charge < -0.3 is 20.1 Å². The quantitative estimate of drug-likeness (QED) is 0.420. The molecule has 1 unspecified atom stereocenters. The highest BCUT2D eigenvalue weighted by Gasteiger charge is 2.47. The zero-order valence-electron chi connectivity index (χ0n) is 18.0. The van der Waals surface area contributed by atoms with Crippen LogP contribution in [0, 0.1) is 0 Å². The Morgan fingerprint density at radius 2 is 1.75 bits per heavy atom. The molecule has 0 saturated carbocycles. The van der Waals surface area contributed by atoms with E-state index in [1.54, 1.807) is 38.3 Å². The van der Waals surface area contributed by atoms with Crippen LogP contribution in [0.25, 0.3) is 0 Å². The summed E-state index contributed by atoms with van der Waals surface area (Å²) in [7, 11) is 1.60. The van der Waals surface area contributed by atoms with Gasteiger partial charge in [-0.25, -0.2) is 4.79 Å². The van der Waals surface area contributed by atoms with Gasteiger partial charge in [0, 0.05) is 5.02 Å². The van der Waals surface area contributed by atoms with Crippen LogP contribution < -0.4 is 20.1 Å². The summed E-state index contributed by atoms with van der Waals surface area (Å²) < 4.78 is 10.6. The fraction of sp³-hybridized carbons (Fsp3) is 0.348. The van der Waals surface area contributed by atoms with Crippen molar-refractivity contribution in [1.29, 1.82) is 0 Å². The average molecular weight is 460 g/mol. The molecular formula is C23H26ClN3O5. The van der Waals surface area contributed by atoms with Crippen molar-refractivity contribution in [2.24, 2.45) is 0 Å². The molecule has 1 saturated heterocycles. The highest BCUT2D eigenvalue weighted by atomic mass is 35.5. The third-order valence-electron chi connectivity index (χ3n) is 5.23. The summed E-state index contributed by atoms with van der Waals surface area (Å²) in [6, 6.07) is 13.8. The Bertz CT molecular complexity index is 965. The molecule has 3 rings (SSSR count). The Morgan fingerprint density at radius 3 is 2.41 bits per heavy atom. The third-order valence-corrected chi connectivity index (χ3v) is 5.48. The van der Waals surface area contributed by atoms with Crippen LogP contribution in [0.5, 0.6) is 11.5 Å². The second-order valence-corrected chi connectivity index (χ2v) is 8.09. The minimum absolute atomic E-state index is 0.236. The number of hydrogen-bond acceptors (Lipinski definition) is 5. The zero-order chi connectivity index (χ0) is 23.1. The smallest absolute Gasteiger partial charge is 0.325 e. The van der Waals surface area contributed by atoms with Crippen molar-refractivity contribution < 1.29 is 23.9 Å². The van der Waals surface area contributed by atoms with Crippen molar-refractivity contribution in [2.45, 2.75) is 25.3 Å². The van der Waals surface area contributed by atoms with Crippen LogP contribution in [0.2, 0.25) is 5.02 Å². The van der Waals surface area contributed by atoms with Crippen LogP contribution >= 0.6 is 11.6 Å². The summed E-state index contributed by atoms with van der Waals surface area (Å²) >= 11 is 5.82. The maximum Gasteiger partial charge on any atom is 0.325 e. The van der Waals surface area contributed by atoms with Gasteiger partial charge in [-0.3, -0.25) is 14.5 Å². The minimum Gasteiger partial charge on any atom is -0.497 e. The lowest BCUT2D eigenvalue weighted by molar-refractivity contribution is -0.134. The third kappa shape index (κ3) is 5.91. The Balaban J connectivity index is 1.45. The molecule has 0 radical (unpaired) electrons. The number of urea groups is 1. The highest BCUT2D eigenvalue weighted by molar-refractivity contribution is 6.30. The largest absolute Gasteiger partial charge is 0.497 e. The standard InChI is InChI=1S/C23H26ClN3O5/c1-23(12-11-16-3-7-18(31-2)8-4-16)21(29)27(22(30)26-23)15-20(28)25-13-14-32-19-9-5-17(24)6-10-19/h3-10H,11-15H2,1-2H3,(H,25,28)(H,26,30). The number of aryl methyl sites for hydroxylation is 1. The lowest BCUT2D eigenvalue weighted by atomic mass is 9.93. The number of imide groups is 1. The molecule has 0 bridgehead atoms. The molecule has 1 aliphatic heterocycles. The number of nitrogens with one attached hydrogen (secondary N) is 2. The van der Waals surface area contributed by atoms with Crippen LogP contribution in [0.15, 0.2) is 48.5 Å². The van der Waals surface area contributed by atoms with Gasteiger partial charge in [-0.15, -0.1) is 0 Å². The lowest BCUT2D eigenvalue weighted by Crippen LogP contribution is -2.45. The predicted octanol–water partition coefficient (Wildman–Crippen LogP) is 2.79. The van der Waals surface area contributed by atoms with Gasteiger partial charge >= 0.3 is 6.03 Å². The number of hydrogen-bond donors (Lipinski definition) is 2. The van der Waals surface area contributed by atoms with Gasteiger partial charge in [-0.05, 0) is 61.7 Å². The van der Waals surface area contributed by atoms with Crippen molar-refractivity contribution >= 4 is 29.4 Å². The number of methoxy groups -OCH3 is 1. The van der Waals surface area contributed by atoms with Crippen LogP contribution in [0.1, 0.15) is 18.9 Å². The van der Waals surface area contributed by atoms with E-state index >= 15 is 0 Å². The molecule has 1 heterocycles. The Kier molecular flexibility index (Phi) is 7.58. The average Bonchev–Trinajstić information content (AvgIpc) is 3.00. The van der Waals surface area contributed by atoms with E-state index in [9.17, 15) is 14.4 Å². The number of carbonyl (C=O) groups excluding carboxylic acids is 3. The first kappa shape index (κ1) is 23.4. The zero-order valence-corrected chi connectivity index (χ0v) is 18.8. The summed E-state index contributed by atoms with van der Waals surface area (Å²) in [5.41, 5.74) is -0.0411. The molecule has 8 nitrogen and oxygen atoms in total. The monoisotopic (exact) mass is 459 g/mol. The van der Waals surface area contributed by atoms with Crippen molar-refractivity contribution in [3.63, 3.8) is 0 Å². The number of benzene rings is 2. The number of carbonyl (C=O) groups is 3. The summed E-state index contributed by atoms with van der Waals surface area (Å²) in [4.78, 5) is 38.4. The van der Waals surface area contributed by atoms with E-state index in [0.29, 0.717) is 23.6 Å². The minimum atomic E-state index is -1.06. The van der Waals surface area contributed by atoms with Crippen molar-refractivity contribution in [1.82, 2.24) is 15.5 Å². The van der Waals surface area contributed by atoms with Gasteiger partial charge in [0.05, 0.1) is 13.7 Å². The van der Waals surface area contributed by atoms with E-state index in [4.69, 9.17) is 21.1 Å². The first-order valence-corrected chi connectivity index (χ1v) is 10.6. The first-order chi connectivity index (χ1) is 15.3. The van der Waals surface area contributed by atoms with Gasteiger partial charge in [0.1, 0.15) is 30.2 Å². The van der Waals surface area contributed by atoms with Crippen LogP contribution in [-0.2, 0) is 16.0 Å². The molecule has 1 aliphatic rings. The van der Waals surface area contributed by atoms with E-state index in [2.05, 4.69) is 10.6 Å². The molecule has 4 amide bonds. The summed E-state index contributed by atoms with van der Waals surface area (Å²) in [5, 5.41) is 5.98. The van der Waals surface area contributed by atoms with Crippen LogP contribution in [-0.4, -0.2) is 55.1 Å². The van der Waals surface area contributed by atoms with E-state index in [-0.39, 0.29) is 19.7 Å². The summed E-state index contributed by atoms with van der Waals surface area (Å²) in [5.74, 6) is 0.530. The Morgan fingerprint density at radius 1 is 1.09 bits per heavy atom. The number of amides is 4. The lowest BCUT2D eigenvalue weighted by Gasteiger charge is -2.21. The molecule has 2 aromatic rings. The molecule has 0 aliphatic carbocycles. The predicted molar refractivity (Wildman–Crippen MR) is 120 cm³/mol. The van der Waals surface area contributed by atoms with E-state index in [1.165, 1.54) is 0 Å². The van der Waals surface area contributed by atoms with Crippen molar-refractivity contribution in [2.75, 3.05) is 26.8 Å². The molecule has 170 valence electrons. The molecule has 2 N–H and O–H groups in total. The second kappa shape index (κ2) is 10.4. The van der Waals surface area contributed by atoms with Crippen LogP contribution in [0.4, 0.5) is 4.79 Å². The maximum absolute atomic E-state index is 12.8. The van der Waals surface area contributed by atoms with Gasteiger partial charge in [-0.1, -0.05) is 23.7 Å². The normalized spacial score (nSPS) is 17.8. The Labute approximate surface area is 191 Å². The molecule has 0 spiro atoms. The molecule has 2 aromatic carbocycles. The Hall–Kier alpha value is -3.26. The van der Waals surface area contributed by atoms with Crippen molar-refractivity contribution in [3.8, 4) is 11.5 Å².